The van der Waals surface area contributed by atoms with Gasteiger partial charge >= 0.3 is 0 Å². The van der Waals surface area contributed by atoms with Crippen molar-refractivity contribution >= 4 is 41.8 Å². The van der Waals surface area contributed by atoms with Crippen LogP contribution < -0.4 is 11.1 Å². The first-order valence-corrected chi connectivity index (χ1v) is 9.15. The standard InChI is InChI=1S/C19H28N4O2.2ClH/c1-13(2)23-16-6-4-3-5-15(16)22-17(23)7-10-21-19(24)18(20)14-8-11-25-12-9-14;;/h3-6,13-14,18H,7-12,20H2,1-2H3,(H,21,24);2*1H. The number of nitrogens with one attached hydrogen (secondary N) is 1. The summed E-state index contributed by atoms with van der Waals surface area (Å²) in [5.74, 6) is 1.14. The van der Waals surface area contributed by atoms with Gasteiger partial charge in [0.2, 0.25) is 5.91 Å². The Morgan fingerprint density at radius 2 is 1.96 bits per heavy atom. The Kier molecular flexibility index (Phi) is 9.53. The van der Waals surface area contributed by atoms with E-state index in [0.29, 0.717) is 32.2 Å². The van der Waals surface area contributed by atoms with Crippen molar-refractivity contribution in [3.8, 4) is 0 Å². The molecular weight excluding hydrogens is 387 g/mol. The van der Waals surface area contributed by atoms with Gasteiger partial charge in [-0.3, -0.25) is 4.79 Å². The van der Waals surface area contributed by atoms with E-state index in [1.165, 1.54) is 0 Å². The molecule has 1 aromatic carbocycles. The number of rotatable bonds is 6. The fourth-order valence-electron chi connectivity index (χ4n) is 3.55. The van der Waals surface area contributed by atoms with Gasteiger partial charge in [-0.1, -0.05) is 12.1 Å². The van der Waals surface area contributed by atoms with E-state index < -0.39 is 6.04 Å². The van der Waals surface area contributed by atoms with E-state index in [1.807, 2.05) is 18.2 Å². The largest absolute Gasteiger partial charge is 0.381 e. The Balaban J connectivity index is 0.00000182. The van der Waals surface area contributed by atoms with Gasteiger partial charge in [0, 0.05) is 32.2 Å². The molecule has 2 aromatic rings. The minimum atomic E-state index is -0.451. The molecular formula is C19H30Cl2N4O2. The van der Waals surface area contributed by atoms with Crippen LogP contribution in [0.15, 0.2) is 24.3 Å². The van der Waals surface area contributed by atoms with Crippen molar-refractivity contribution in [3.05, 3.63) is 30.1 Å². The number of imidazole rings is 1. The third-order valence-corrected chi connectivity index (χ3v) is 4.91. The molecule has 8 heteroatoms. The number of amides is 1. The first-order valence-electron chi connectivity index (χ1n) is 9.15. The van der Waals surface area contributed by atoms with Gasteiger partial charge in [-0.05, 0) is 44.7 Å². The molecule has 1 amide bonds. The highest BCUT2D eigenvalue weighted by Gasteiger charge is 2.26. The van der Waals surface area contributed by atoms with Gasteiger partial charge in [0.15, 0.2) is 0 Å². The van der Waals surface area contributed by atoms with E-state index >= 15 is 0 Å². The number of carbonyl (C=O) groups is 1. The van der Waals surface area contributed by atoms with E-state index in [2.05, 4.69) is 29.8 Å². The quantitative estimate of drug-likeness (QED) is 0.757. The van der Waals surface area contributed by atoms with Crippen molar-refractivity contribution in [2.45, 2.75) is 45.2 Å². The molecule has 2 heterocycles. The SMILES string of the molecule is CC(C)n1c(CCNC(=O)C(N)C2CCOCC2)nc2ccccc21.Cl.Cl. The fraction of sp³-hybridized carbons (Fsp3) is 0.579. The van der Waals surface area contributed by atoms with Crippen molar-refractivity contribution in [1.29, 1.82) is 0 Å². The number of nitrogens with zero attached hydrogens (tertiary/aromatic N) is 2. The molecule has 0 saturated carbocycles. The number of benzene rings is 1. The molecule has 1 fully saturated rings. The number of ether oxygens (including phenoxy) is 1. The zero-order valence-electron chi connectivity index (χ0n) is 15.9. The predicted octanol–water partition coefficient (Wildman–Crippen LogP) is 2.87. The van der Waals surface area contributed by atoms with Gasteiger partial charge in [-0.15, -0.1) is 24.8 Å². The number of aromatic nitrogens is 2. The molecule has 0 bridgehead atoms. The van der Waals surface area contributed by atoms with Crippen molar-refractivity contribution < 1.29 is 9.53 Å². The summed E-state index contributed by atoms with van der Waals surface area (Å²) in [5, 5.41) is 2.98. The summed E-state index contributed by atoms with van der Waals surface area (Å²) in [7, 11) is 0. The van der Waals surface area contributed by atoms with Crippen molar-refractivity contribution in [3.63, 3.8) is 0 Å². The average Bonchev–Trinajstić information content (AvgIpc) is 3.00. The molecule has 27 heavy (non-hydrogen) atoms. The Morgan fingerprint density at radius 1 is 1.30 bits per heavy atom. The number of hydrogen-bond acceptors (Lipinski definition) is 4. The van der Waals surface area contributed by atoms with Crippen LogP contribution in [0.3, 0.4) is 0 Å². The topological polar surface area (TPSA) is 82.2 Å². The molecule has 6 nitrogen and oxygen atoms in total. The molecule has 1 aliphatic heterocycles. The van der Waals surface area contributed by atoms with Crippen LogP contribution in [0.1, 0.15) is 38.6 Å². The molecule has 0 radical (unpaired) electrons. The summed E-state index contributed by atoms with van der Waals surface area (Å²) in [6, 6.07) is 8.01. The summed E-state index contributed by atoms with van der Waals surface area (Å²) in [6.45, 7) is 6.24. The summed E-state index contributed by atoms with van der Waals surface area (Å²) in [5.41, 5.74) is 8.26. The molecule has 1 aromatic heterocycles. The Morgan fingerprint density at radius 3 is 2.63 bits per heavy atom. The number of halogens is 2. The van der Waals surface area contributed by atoms with Crippen LogP contribution in [0, 0.1) is 5.92 Å². The summed E-state index contributed by atoms with van der Waals surface area (Å²) in [6.07, 6.45) is 2.41. The highest BCUT2D eigenvalue weighted by atomic mass is 35.5. The molecule has 3 rings (SSSR count). The average molecular weight is 417 g/mol. The Labute approximate surface area is 173 Å². The number of fused-ring (bicyclic) bond motifs is 1. The molecule has 152 valence electrons. The highest BCUT2D eigenvalue weighted by Crippen LogP contribution is 2.21. The predicted molar refractivity (Wildman–Crippen MR) is 113 cm³/mol. The third kappa shape index (κ3) is 5.57. The van der Waals surface area contributed by atoms with Crippen LogP contribution >= 0.6 is 24.8 Å². The maximum Gasteiger partial charge on any atom is 0.237 e. The van der Waals surface area contributed by atoms with Crippen LogP contribution in [0.25, 0.3) is 11.0 Å². The van der Waals surface area contributed by atoms with Gasteiger partial charge in [-0.2, -0.15) is 0 Å². The summed E-state index contributed by atoms with van der Waals surface area (Å²) >= 11 is 0. The Hall–Kier alpha value is -1.34. The lowest BCUT2D eigenvalue weighted by atomic mass is 9.92. The molecule has 3 N–H and O–H groups in total. The minimum Gasteiger partial charge on any atom is -0.381 e. The van der Waals surface area contributed by atoms with Crippen LogP contribution in [0.5, 0.6) is 0 Å². The van der Waals surface area contributed by atoms with Crippen molar-refractivity contribution in [2.24, 2.45) is 11.7 Å². The minimum absolute atomic E-state index is 0. The van der Waals surface area contributed by atoms with Crippen LogP contribution in [0.2, 0.25) is 0 Å². The Bertz CT molecular complexity index is 730. The lowest BCUT2D eigenvalue weighted by Crippen LogP contribution is -2.47. The van der Waals surface area contributed by atoms with Gasteiger partial charge in [0.05, 0.1) is 17.1 Å². The van der Waals surface area contributed by atoms with Crippen LogP contribution in [-0.2, 0) is 16.0 Å². The lowest BCUT2D eigenvalue weighted by molar-refractivity contribution is -0.124. The van der Waals surface area contributed by atoms with Crippen LogP contribution in [-0.4, -0.2) is 41.3 Å². The monoisotopic (exact) mass is 416 g/mol. The number of para-hydroxylation sites is 2. The molecule has 0 spiro atoms. The molecule has 1 unspecified atom stereocenters. The summed E-state index contributed by atoms with van der Waals surface area (Å²) in [4.78, 5) is 17.0. The second-order valence-corrected chi connectivity index (χ2v) is 7.00. The van der Waals surface area contributed by atoms with Crippen LogP contribution in [0.4, 0.5) is 0 Å². The van der Waals surface area contributed by atoms with E-state index in [-0.39, 0.29) is 36.6 Å². The molecule has 1 atom stereocenters. The van der Waals surface area contributed by atoms with Crippen molar-refractivity contribution in [1.82, 2.24) is 14.9 Å². The van der Waals surface area contributed by atoms with E-state index in [4.69, 9.17) is 15.5 Å². The number of carbonyl (C=O) groups excluding carboxylic acids is 1. The third-order valence-electron chi connectivity index (χ3n) is 4.91. The maximum absolute atomic E-state index is 12.3. The van der Waals surface area contributed by atoms with E-state index in [0.717, 1.165) is 29.7 Å². The van der Waals surface area contributed by atoms with E-state index in [9.17, 15) is 4.79 Å². The maximum atomic E-state index is 12.3. The molecule has 1 aliphatic rings. The van der Waals surface area contributed by atoms with Gasteiger partial charge in [0.25, 0.3) is 0 Å². The summed E-state index contributed by atoms with van der Waals surface area (Å²) < 4.78 is 7.57. The highest BCUT2D eigenvalue weighted by molar-refractivity contribution is 5.85. The van der Waals surface area contributed by atoms with Gasteiger partial charge in [-0.25, -0.2) is 4.98 Å². The van der Waals surface area contributed by atoms with Gasteiger partial charge < -0.3 is 20.4 Å². The fourth-order valence-corrected chi connectivity index (χ4v) is 3.55. The first kappa shape index (κ1) is 23.7. The molecule has 0 aliphatic carbocycles. The zero-order valence-corrected chi connectivity index (χ0v) is 17.5. The van der Waals surface area contributed by atoms with Crippen molar-refractivity contribution in [2.75, 3.05) is 19.8 Å². The second kappa shape index (κ2) is 10.9. The smallest absolute Gasteiger partial charge is 0.237 e. The van der Waals surface area contributed by atoms with E-state index in [1.54, 1.807) is 0 Å². The first-order chi connectivity index (χ1) is 12.1. The second-order valence-electron chi connectivity index (χ2n) is 7.00. The lowest BCUT2D eigenvalue weighted by Gasteiger charge is -2.26. The number of hydrogen-bond donors (Lipinski definition) is 2. The molecule has 1 saturated heterocycles. The number of nitrogens with two attached hydrogens (primary N) is 1. The van der Waals surface area contributed by atoms with Gasteiger partial charge in [0.1, 0.15) is 5.82 Å². The zero-order chi connectivity index (χ0) is 17.8. The normalized spacial score (nSPS) is 15.9.